The van der Waals surface area contributed by atoms with Gasteiger partial charge in [0.1, 0.15) is 0 Å². The Hall–Kier alpha value is -1.22. The van der Waals surface area contributed by atoms with Gasteiger partial charge in [0.25, 0.3) is 0 Å². The summed E-state index contributed by atoms with van der Waals surface area (Å²) < 4.78 is 0. The summed E-state index contributed by atoms with van der Waals surface area (Å²) in [4.78, 5) is 0. The van der Waals surface area contributed by atoms with Gasteiger partial charge in [-0.3, -0.25) is 0 Å². The predicted molar refractivity (Wildman–Crippen MR) is 64.9 cm³/mol. The predicted octanol–water partition coefficient (Wildman–Crippen LogP) is 3.69. The molecule has 0 atom stereocenters. The number of fused-ring (bicyclic) bond motifs is 1. The van der Waals surface area contributed by atoms with Crippen molar-refractivity contribution in [1.29, 1.82) is 0 Å². The molecule has 1 aliphatic rings. The van der Waals surface area contributed by atoms with Crippen LogP contribution in [0.25, 0.3) is 0 Å². The minimum absolute atomic E-state index is 0.631. The molecule has 0 heteroatoms. The van der Waals surface area contributed by atoms with E-state index in [0.717, 1.165) is 25.7 Å². The van der Waals surface area contributed by atoms with Crippen LogP contribution in [0.1, 0.15) is 49.3 Å². The van der Waals surface area contributed by atoms with Crippen molar-refractivity contribution in [3.8, 4) is 11.8 Å². The van der Waals surface area contributed by atoms with Gasteiger partial charge < -0.3 is 0 Å². The fourth-order valence-electron chi connectivity index (χ4n) is 2.05. The van der Waals surface area contributed by atoms with Crippen LogP contribution in [0.3, 0.4) is 0 Å². The van der Waals surface area contributed by atoms with Gasteiger partial charge in [-0.2, -0.15) is 0 Å². The van der Waals surface area contributed by atoms with Crippen molar-refractivity contribution in [3.05, 3.63) is 34.9 Å². The molecule has 0 aliphatic heterocycles. The molecule has 0 N–H and O–H groups in total. The third-order valence-corrected chi connectivity index (χ3v) is 3.06. The van der Waals surface area contributed by atoms with Gasteiger partial charge in [0.15, 0.2) is 0 Å². The van der Waals surface area contributed by atoms with E-state index in [0.29, 0.717) is 5.92 Å². The smallest absolute Gasteiger partial charge is 0.0129 e. The summed E-state index contributed by atoms with van der Waals surface area (Å²) in [7, 11) is 0. The highest BCUT2D eigenvalue weighted by atomic mass is 14.1. The van der Waals surface area contributed by atoms with Gasteiger partial charge in [0.2, 0.25) is 0 Å². The summed E-state index contributed by atoms with van der Waals surface area (Å²) in [6, 6.07) is 6.96. The molecular weight excluding hydrogens is 180 g/mol. The van der Waals surface area contributed by atoms with E-state index in [1.165, 1.54) is 16.7 Å². The van der Waals surface area contributed by atoms with Crippen molar-refractivity contribution in [3.63, 3.8) is 0 Å². The van der Waals surface area contributed by atoms with Crippen LogP contribution in [0.4, 0.5) is 0 Å². The molecule has 0 fully saturated rings. The van der Waals surface area contributed by atoms with Gasteiger partial charge >= 0.3 is 0 Å². The first-order chi connectivity index (χ1) is 7.27. The first-order valence-corrected chi connectivity index (χ1v) is 5.85. The summed E-state index contributed by atoms with van der Waals surface area (Å²) in [5.74, 6) is 7.07. The van der Waals surface area contributed by atoms with Crippen LogP contribution in [-0.2, 0) is 12.8 Å². The standard InChI is InChI=1S/C15H18/c1-12(2)14-10-9-13-7-5-3-4-6-8-15(13)11-14/h9-12H,5-8H2,1-2H3. The van der Waals surface area contributed by atoms with E-state index in [9.17, 15) is 0 Å². The molecule has 0 saturated heterocycles. The summed E-state index contributed by atoms with van der Waals surface area (Å²) in [5.41, 5.74) is 4.49. The molecule has 78 valence electrons. The molecule has 0 heterocycles. The van der Waals surface area contributed by atoms with Crippen molar-refractivity contribution in [2.75, 3.05) is 0 Å². The highest BCUT2D eigenvalue weighted by Gasteiger charge is 2.06. The summed E-state index contributed by atoms with van der Waals surface area (Å²) in [5, 5.41) is 0. The Morgan fingerprint density at radius 2 is 1.67 bits per heavy atom. The molecule has 0 radical (unpaired) electrons. The summed E-state index contributed by atoms with van der Waals surface area (Å²) in [6.45, 7) is 4.51. The molecule has 0 amide bonds. The van der Waals surface area contributed by atoms with E-state index in [-0.39, 0.29) is 0 Å². The minimum atomic E-state index is 0.631. The second-order valence-corrected chi connectivity index (χ2v) is 4.54. The second kappa shape index (κ2) is 4.53. The van der Waals surface area contributed by atoms with Crippen LogP contribution >= 0.6 is 0 Å². The number of hydrogen-bond acceptors (Lipinski definition) is 0. The maximum atomic E-state index is 3.23. The van der Waals surface area contributed by atoms with E-state index < -0.39 is 0 Å². The lowest BCUT2D eigenvalue weighted by Gasteiger charge is -2.13. The zero-order valence-corrected chi connectivity index (χ0v) is 9.64. The number of aryl methyl sites for hydroxylation is 2. The Bertz CT molecular complexity index is 402. The molecule has 0 saturated carbocycles. The quantitative estimate of drug-likeness (QED) is 0.604. The van der Waals surface area contributed by atoms with Crippen LogP contribution in [0.15, 0.2) is 18.2 Å². The normalized spacial score (nSPS) is 14.9. The second-order valence-electron chi connectivity index (χ2n) is 4.54. The molecule has 0 nitrogen and oxygen atoms in total. The van der Waals surface area contributed by atoms with Crippen LogP contribution in [0.2, 0.25) is 0 Å². The molecule has 0 unspecified atom stereocenters. The first kappa shape index (κ1) is 10.3. The third-order valence-electron chi connectivity index (χ3n) is 3.06. The SMILES string of the molecule is CC(C)c1ccc2c(c1)CCC#CCC2. The van der Waals surface area contributed by atoms with Gasteiger partial charge in [-0.25, -0.2) is 0 Å². The van der Waals surface area contributed by atoms with Crippen molar-refractivity contribution < 1.29 is 0 Å². The maximum absolute atomic E-state index is 3.23. The van der Waals surface area contributed by atoms with E-state index in [1.807, 2.05) is 0 Å². The summed E-state index contributed by atoms with van der Waals surface area (Å²) in [6.07, 6.45) is 4.30. The van der Waals surface area contributed by atoms with Gasteiger partial charge in [-0.15, -0.1) is 11.8 Å². The molecule has 15 heavy (non-hydrogen) atoms. The number of hydrogen-bond donors (Lipinski definition) is 0. The molecule has 1 aliphatic carbocycles. The zero-order valence-electron chi connectivity index (χ0n) is 9.64. The van der Waals surface area contributed by atoms with Gasteiger partial charge in [0.05, 0.1) is 0 Å². The fourth-order valence-corrected chi connectivity index (χ4v) is 2.05. The Labute approximate surface area is 92.7 Å². The minimum Gasteiger partial charge on any atom is -0.103 e. The van der Waals surface area contributed by atoms with Crippen LogP contribution < -0.4 is 0 Å². The van der Waals surface area contributed by atoms with Crippen LogP contribution in [-0.4, -0.2) is 0 Å². The Balaban J connectivity index is 2.32. The average molecular weight is 198 g/mol. The van der Waals surface area contributed by atoms with Crippen molar-refractivity contribution in [1.82, 2.24) is 0 Å². The number of rotatable bonds is 1. The van der Waals surface area contributed by atoms with E-state index in [1.54, 1.807) is 0 Å². The van der Waals surface area contributed by atoms with Gasteiger partial charge in [-0.05, 0) is 35.4 Å². The lowest BCUT2D eigenvalue weighted by molar-refractivity contribution is 0.850. The van der Waals surface area contributed by atoms with Crippen molar-refractivity contribution >= 4 is 0 Å². The fraction of sp³-hybridized carbons (Fsp3) is 0.467. The van der Waals surface area contributed by atoms with E-state index in [4.69, 9.17) is 0 Å². The molecule has 2 rings (SSSR count). The Morgan fingerprint density at radius 1 is 1.00 bits per heavy atom. The molecular formula is C15H18. The number of benzene rings is 1. The first-order valence-electron chi connectivity index (χ1n) is 5.85. The van der Waals surface area contributed by atoms with Crippen molar-refractivity contribution in [2.24, 2.45) is 0 Å². The average Bonchev–Trinajstić information content (AvgIpc) is 2.18. The maximum Gasteiger partial charge on any atom is 0.0129 e. The van der Waals surface area contributed by atoms with Crippen LogP contribution in [0, 0.1) is 11.8 Å². The molecule has 0 aromatic heterocycles. The van der Waals surface area contributed by atoms with Crippen LogP contribution in [0.5, 0.6) is 0 Å². The Kier molecular flexibility index (Phi) is 3.11. The molecule has 0 spiro atoms. The molecule has 0 bridgehead atoms. The highest BCUT2D eigenvalue weighted by Crippen LogP contribution is 2.21. The van der Waals surface area contributed by atoms with Gasteiger partial charge in [0, 0.05) is 12.8 Å². The zero-order chi connectivity index (χ0) is 10.7. The third kappa shape index (κ3) is 2.42. The lowest BCUT2D eigenvalue weighted by Crippen LogP contribution is -1.99. The highest BCUT2D eigenvalue weighted by molar-refractivity contribution is 5.35. The van der Waals surface area contributed by atoms with Crippen molar-refractivity contribution in [2.45, 2.75) is 45.4 Å². The van der Waals surface area contributed by atoms with Gasteiger partial charge in [-0.1, -0.05) is 32.0 Å². The largest absolute Gasteiger partial charge is 0.103 e. The summed E-state index contributed by atoms with van der Waals surface area (Å²) >= 11 is 0. The van der Waals surface area contributed by atoms with E-state index >= 15 is 0 Å². The monoisotopic (exact) mass is 198 g/mol. The van der Waals surface area contributed by atoms with E-state index in [2.05, 4.69) is 43.9 Å². The molecule has 1 aromatic rings. The lowest BCUT2D eigenvalue weighted by atomic mass is 9.92. The Morgan fingerprint density at radius 3 is 2.33 bits per heavy atom. The topological polar surface area (TPSA) is 0 Å². The molecule has 1 aromatic carbocycles.